The smallest absolute Gasteiger partial charge is 0.456 e. The Labute approximate surface area is 178 Å². The van der Waals surface area contributed by atoms with Crippen LogP contribution in [0.5, 0.6) is 5.75 Å². The van der Waals surface area contributed by atoms with Crippen LogP contribution in [0.15, 0.2) is 53.1 Å². The maximum atomic E-state index is 12.4. The minimum Gasteiger partial charge on any atom is -0.507 e. The van der Waals surface area contributed by atoms with Crippen LogP contribution in [0.25, 0.3) is 16.8 Å². The third-order valence-electron chi connectivity index (χ3n) is 6.25. The molecule has 0 bridgehead atoms. The Hall–Kier alpha value is -2.09. The fourth-order valence-electron chi connectivity index (χ4n) is 4.75. The molecular formula is C23H27BO5S. The topological polar surface area (TPSA) is 83.8 Å². The van der Waals surface area contributed by atoms with Crippen molar-refractivity contribution in [3.8, 4) is 5.75 Å². The maximum absolute atomic E-state index is 12.4. The van der Waals surface area contributed by atoms with Gasteiger partial charge in [-0.15, -0.1) is 0 Å². The highest BCUT2D eigenvalue weighted by Crippen LogP contribution is 2.39. The van der Waals surface area contributed by atoms with Crippen molar-refractivity contribution >= 4 is 33.8 Å². The molecule has 1 fully saturated rings. The molecule has 30 heavy (non-hydrogen) atoms. The summed E-state index contributed by atoms with van der Waals surface area (Å²) in [4.78, 5) is 0. The molecule has 1 saturated heterocycles. The SMILES string of the molecule is CC/C(=C\c1ccc(O)c2ccccc12)CC[C@H]1OB(O)C[C@H]2C1=C(C)CS2(=O)=O. The predicted octanol–water partition coefficient (Wildman–Crippen LogP) is 4.11. The van der Waals surface area contributed by atoms with Crippen LogP contribution in [-0.4, -0.2) is 42.8 Å². The van der Waals surface area contributed by atoms with Crippen LogP contribution in [0, 0.1) is 0 Å². The largest absolute Gasteiger partial charge is 0.507 e. The van der Waals surface area contributed by atoms with E-state index in [2.05, 4.69) is 13.0 Å². The lowest BCUT2D eigenvalue weighted by molar-refractivity contribution is 0.170. The zero-order valence-corrected chi connectivity index (χ0v) is 18.2. The molecule has 2 aromatic rings. The molecule has 4 rings (SSSR count). The van der Waals surface area contributed by atoms with Crippen LogP contribution in [-0.2, 0) is 14.5 Å². The van der Waals surface area contributed by atoms with Crippen molar-refractivity contribution in [2.24, 2.45) is 0 Å². The van der Waals surface area contributed by atoms with E-state index in [1.54, 1.807) is 6.07 Å². The number of phenolic OH excluding ortho intramolecular Hbond substituents is 1. The van der Waals surface area contributed by atoms with Gasteiger partial charge in [0.25, 0.3) is 0 Å². The molecule has 0 spiro atoms. The van der Waals surface area contributed by atoms with E-state index in [0.29, 0.717) is 6.42 Å². The van der Waals surface area contributed by atoms with Crippen molar-refractivity contribution < 1.29 is 23.2 Å². The van der Waals surface area contributed by atoms with Crippen molar-refractivity contribution in [3.63, 3.8) is 0 Å². The van der Waals surface area contributed by atoms with Crippen molar-refractivity contribution in [1.29, 1.82) is 0 Å². The Morgan fingerprint density at radius 1 is 1.23 bits per heavy atom. The lowest BCUT2D eigenvalue weighted by Crippen LogP contribution is -2.41. The van der Waals surface area contributed by atoms with E-state index >= 15 is 0 Å². The van der Waals surface area contributed by atoms with E-state index in [0.717, 1.165) is 40.3 Å². The molecule has 0 radical (unpaired) electrons. The van der Waals surface area contributed by atoms with Gasteiger partial charge >= 0.3 is 7.12 Å². The van der Waals surface area contributed by atoms with Gasteiger partial charge in [0, 0.05) is 11.7 Å². The van der Waals surface area contributed by atoms with E-state index < -0.39 is 22.2 Å². The second-order valence-electron chi connectivity index (χ2n) is 8.26. The second-order valence-corrected chi connectivity index (χ2v) is 10.4. The zero-order valence-electron chi connectivity index (χ0n) is 17.3. The van der Waals surface area contributed by atoms with Crippen LogP contribution in [0.2, 0.25) is 6.32 Å². The third-order valence-corrected chi connectivity index (χ3v) is 8.40. The molecule has 2 aromatic carbocycles. The first-order chi connectivity index (χ1) is 14.3. The monoisotopic (exact) mass is 426 g/mol. The first-order valence-corrected chi connectivity index (χ1v) is 12.2. The molecule has 2 aliphatic rings. The van der Waals surface area contributed by atoms with Crippen LogP contribution in [0.4, 0.5) is 0 Å². The van der Waals surface area contributed by atoms with Crippen molar-refractivity contribution in [2.45, 2.75) is 50.8 Å². The maximum Gasteiger partial charge on any atom is 0.456 e. The zero-order chi connectivity index (χ0) is 21.5. The van der Waals surface area contributed by atoms with E-state index in [4.69, 9.17) is 4.65 Å². The molecule has 0 aliphatic carbocycles. The minimum atomic E-state index is -3.24. The summed E-state index contributed by atoms with van der Waals surface area (Å²) < 4.78 is 30.7. The summed E-state index contributed by atoms with van der Waals surface area (Å²) in [6, 6.07) is 11.4. The summed E-state index contributed by atoms with van der Waals surface area (Å²) in [5.41, 5.74) is 3.97. The van der Waals surface area contributed by atoms with Gasteiger partial charge in [-0.3, -0.25) is 0 Å². The highest BCUT2D eigenvalue weighted by Gasteiger charge is 2.47. The fraction of sp³-hybridized carbons (Fsp3) is 0.391. The lowest BCUT2D eigenvalue weighted by Gasteiger charge is -2.31. The standard InChI is InChI=1S/C23H27BO5S/c1-3-16(12-17-9-10-20(25)19-7-5-4-6-18(17)19)8-11-21-23-15(2)14-30(27,28)22(23)13-24(26)29-21/h4-7,9-10,12,21-22,25-26H,3,8,11,13-14H2,1-2H3/b16-12+/t21-,22+/m1/s1. The van der Waals surface area contributed by atoms with Gasteiger partial charge in [-0.2, -0.15) is 0 Å². The Morgan fingerprint density at radius 2 is 1.97 bits per heavy atom. The Bertz CT molecular complexity index is 1140. The number of hydrogen-bond donors (Lipinski definition) is 2. The van der Waals surface area contributed by atoms with Gasteiger partial charge in [0.2, 0.25) is 0 Å². The van der Waals surface area contributed by atoms with Gasteiger partial charge in [-0.25, -0.2) is 8.42 Å². The summed E-state index contributed by atoms with van der Waals surface area (Å²) in [6.45, 7) is 3.96. The second kappa shape index (κ2) is 8.21. The number of aromatic hydroxyl groups is 1. The highest BCUT2D eigenvalue weighted by atomic mass is 32.2. The molecule has 2 atom stereocenters. The highest BCUT2D eigenvalue weighted by molar-refractivity contribution is 7.92. The molecular weight excluding hydrogens is 399 g/mol. The predicted molar refractivity (Wildman–Crippen MR) is 121 cm³/mol. The normalized spacial score (nSPS) is 23.8. The number of allylic oxidation sites excluding steroid dienone is 1. The van der Waals surface area contributed by atoms with E-state index in [1.807, 2.05) is 37.3 Å². The summed E-state index contributed by atoms with van der Waals surface area (Å²) in [6.07, 6.45) is 4.12. The number of hydrogen-bond acceptors (Lipinski definition) is 5. The van der Waals surface area contributed by atoms with Gasteiger partial charge in [0.15, 0.2) is 9.84 Å². The van der Waals surface area contributed by atoms with Gasteiger partial charge in [-0.05, 0) is 48.8 Å². The quantitative estimate of drug-likeness (QED) is 0.555. The molecule has 2 N–H and O–H groups in total. The van der Waals surface area contributed by atoms with Crippen LogP contribution >= 0.6 is 0 Å². The summed E-state index contributed by atoms with van der Waals surface area (Å²) in [7, 11) is -4.28. The molecule has 2 aliphatic heterocycles. The molecule has 7 heteroatoms. The first-order valence-electron chi connectivity index (χ1n) is 10.4. The average molecular weight is 426 g/mol. The Balaban J connectivity index is 1.58. The third kappa shape index (κ3) is 3.94. The molecule has 0 unspecified atom stereocenters. The van der Waals surface area contributed by atoms with Crippen molar-refractivity contribution in [3.05, 3.63) is 58.7 Å². The molecule has 2 heterocycles. The first kappa shape index (κ1) is 21.2. The molecule has 0 aromatic heterocycles. The van der Waals surface area contributed by atoms with E-state index in [-0.39, 0.29) is 23.9 Å². The molecule has 0 saturated carbocycles. The van der Waals surface area contributed by atoms with Crippen LogP contribution in [0.1, 0.15) is 38.7 Å². The summed E-state index contributed by atoms with van der Waals surface area (Å²) in [5, 5.41) is 21.4. The van der Waals surface area contributed by atoms with E-state index in [9.17, 15) is 18.5 Å². The van der Waals surface area contributed by atoms with Crippen LogP contribution in [0.3, 0.4) is 0 Å². The molecule has 5 nitrogen and oxygen atoms in total. The number of sulfone groups is 1. The number of fused-ring (bicyclic) bond motifs is 2. The van der Waals surface area contributed by atoms with Gasteiger partial charge < -0.3 is 14.8 Å². The summed E-state index contributed by atoms with van der Waals surface area (Å²) >= 11 is 0. The summed E-state index contributed by atoms with van der Waals surface area (Å²) in [5.74, 6) is 0.330. The van der Waals surface area contributed by atoms with Crippen molar-refractivity contribution in [1.82, 2.24) is 0 Å². The van der Waals surface area contributed by atoms with Gasteiger partial charge in [-0.1, -0.05) is 54.5 Å². The fourth-order valence-corrected chi connectivity index (χ4v) is 6.92. The minimum absolute atomic E-state index is 0.0650. The van der Waals surface area contributed by atoms with Gasteiger partial charge in [0.1, 0.15) is 5.75 Å². The van der Waals surface area contributed by atoms with Gasteiger partial charge in [0.05, 0.1) is 17.1 Å². The number of rotatable bonds is 5. The Morgan fingerprint density at radius 3 is 2.70 bits per heavy atom. The number of phenols is 1. The van der Waals surface area contributed by atoms with Crippen LogP contribution < -0.4 is 0 Å². The average Bonchev–Trinajstić information content (AvgIpc) is 2.95. The van der Waals surface area contributed by atoms with E-state index in [1.165, 1.54) is 5.57 Å². The lowest BCUT2D eigenvalue weighted by atomic mass is 9.74. The molecule has 158 valence electrons. The van der Waals surface area contributed by atoms with Crippen molar-refractivity contribution in [2.75, 3.05) is 5.75 Å². The number of benzene rings is 2. The molecule has 0 amide bonds. The Kier molecular flexibility index (Phi) is 5.79.